The fourth-order valence-corrected chi connectivity index (χ4v) is 5.98. The molecule has 0 saturated carbocycles. The Labute approximate surface area is 193 Å². The molecule has 6 nitrogen and oxygen atoms in total. The molecule has 1 aromatic carbocycles. The number of rotatable bonds is 6. The number of hydrogen-bond donors (Lipinski definition) is 0. The summed E-state index contributed by atoms with van der Waals surface area (Å²) in [5, 5.41) is 0.769. The van der Waals surface area contributed by atoms with Crippen molar-refractivity contribution in [1.29, 1.82) is 0 Å². The van der Waals surface area contributed by atoms with Gasteiger partial charge in [0.15, 0.2) is 5.16 Å². The quantitative estimate of drug-likeness (QED) is 0.304. The molecule has 4 aromatic rings. The van der Waals surface area contributed by atoms with Gasteiger partial charge in [-0.1, -0.05) is 36.9 Å². The van der Waals surface area contributed by atoms with Crippen LogP contribution >= 0.6 is 23.1 Å². The number of thioether (sulfide) groups is 1. The van der Waals surface area contributed by atoms with E-state index in [9.17, 15) is 9.59 Å². The summed E-state index contributed by atoms with van der Waals surface area (Å²) in [5.41, 5.74) is 2.07. The second-order valence-corrected chi connectivity index (χ2v) is 10.2. The first-order valence-corrected chi connectivity index (χ1v) is 12.4. The van der Waals surface area contributed by atoms with E-state index in [4.69, 9.17) is 9.40 Å². The first kappa shape index (κ1) is 21.0. The van der Waals surface area contributed by atoms with Crippen LogP contribution in [0.1, 0.15) is 30.0 Å². The Morgan fingerprint density at radius 2 is 2.12 bits per heavy atom. The minimum atomic E-state index is -0.390. The van der Waals surface area contributed by atoms with Crippen LogP contribution in [0.3, 0.4) is 0 Å². The van der Waals surface area contributed by atoms with Crippen LogP contribution in [0.5, 0.6) is 0 Å². The Morgan fingerprint density at radius 1 is 1.28 bits per heavy atom. The number of benzene rings is 1. The molecule has 8 heteroatoms. The van der Waals surface area contributed by atoms with Gasteiger partial charge in [-0.25, -0.2) is 4.98 Å². The molecule has 1 amide bonds. The number of hydrogen-bond acceptors (Lipinski definition) is 6. The molecule has 0 saturated heterocycles. The summed E-state index contributed by atoms with van der Waals surface area (Å²) in [6.45, 7) is 4.91. The van der Waals surface area contributed by atoms with E-state index in [-0.39, 0.29) is 23.3 Å². The summed E-state index contributed by atoms with van der Waals surface area (Å²) in [6, 6.07) is 13.6. The van der Waals surface area contributed by atoms with Gasteiger partial charge >= 0.3 is 0 Å². The molecule has 0 fully saturated rings. The van der Waals surface area contributed by atoms with Gasteiger partial charge in [0.25, 0.3) is 5.56 Å². The summed E-state index contributed by atoms with van der Waals surface area (Å²) in [7, 11) is 0. The Hall–Kier alpha value is -2.84. The van der Waals surface area contributed by atoms with Crippen molar-refractivity contribution < 1.29 is 9.21 Å². The molecule has 0 spiro atoms. The zero-order chi connectivity index (χ0) is 22.2. The topological polar surface area (TPSA) is 68.3 Å². The maximum absolute atomic E-state index is 13.4. The van der Waals surface area contributed by atoms with E-state index in [0.29, 0.717) is 22.8 Å². The average Bonchev–Trinajstić information content (AvgIpc) is 3.55. The maximum atomic E-state index is 13.4. The molecule has 1 aliphatic rings. The van der Waals surface area contributed by atoms with E-state index in [2.05, 4.69) is 13.0 Å². The number of thiophene rings is 1. The zero-order valence-electron chi connectivity index (χ0n) is 17.9. The fraction of sp³-hybridized carbons (Fsp3) is 0.292. The number of amides is 1. The van der Waals surface area contributed by atoms with Gasteiger partial charge in [0, 0.05) is 17.1 Å². The van der Waals surface area contributed by atoms with E-state index in [0.717, 1.165) is 28.2 Å². The van der Waals surface area contributed by atoms with Crippen LogP contribution in [0.4, 0.5) is 5.69 Å². The van der Waals surface area contributed by atoms with Crippen LogP contribution in [0.2, 0.25) is 0 Å². The monoisotopic (exact) mass is 465 g/mol. The van der Waals surface area contributed by atoms with E-state index in [1.54, 1.807) is 16.9 Å². The third-order valence-electron chi connectivity index (χ3n) is 5.69. The van der Waals surface area contributed by atoms with E-state index in [1.807, 2.05) is 42.2 Å². The van der Waals surface area contributed by atoms with Crippen molar-refractivity contribution in [3.8, 4) is 0 Å². The van der Waals surface area contributed by atoms with Crippen LogP contribution < -0.4 is 10.5 Å². The molecule has 0 N–H and O–H groups in total. The summed E-state index contributed by atoms with van der Waals surface area (Å²) < 4.78 is 7.11. The molecule has 0 aliphatic carbocycles. The standard InChI is InChI=1S/C24H23N3O3S2/c1-3-18-13-19-21(32-18)25-24(27(23(19)29)14-17-8-6-12-30-17)31-15(2)22(28)26-11-10-16-7-4-5-9-20(16)26/h4-9,12-13,15H,3,10-11,14H2,1-2H3/t15-/m1/s1. The molecule has 0 unspecified atom stereocenters. The van der Waals surface area contributed by atoms with Crippen LogP contribution in [0.25, 0.3) is 10.2 Å². The third-order valence-corrected chi connectivity index (χ3v) is 7.94. The van der Waals surface area contributed by atoms with E-state index < -0.39 is 0 Å². The van der Waals surface area contributed by atoms with E-state index >= 15 is 0 Å². The molecule has 3 aromatic heterocycles. The van der Waals surface area contributed by atoms with Crippen LogP contribution in [0.15, 0.2) is 63.1 Å². The summed E-state index contributed by atoms with van der Waals surface area (Å²) >= 11 is 2.87. The predicted octanol–water partition coefficient (Wildman–Crippen LogP) is 4.73. The molecule has 32 heavy (non-hydrogen) atoms. The molecular weight excluding hydrogens is 442 g/mol. The Morgan fingerprint density at radius 3 is 2.91 bits per heavy atom. The Balaban J connectivity index is 1.49. The summed E-state index contributed by atoms with van der Waals surface area (Å²) in [4.78, 5) is 35.2. The smallest absolute Gasteiger partial charge is 0.263 e. The van der Waals surface area contributed by atoms with Crippen molar-refractivity contribution >= 4 is 44.9 Å². The van der Waals surface area contributed by atoms with Gasteiger partial charge in [-0.2, -0.15) is 0 Å². The highest BCUT2D eigenvalue weighted by atomic mass is 32.2. The lowest BCUT2D eigenvalue weighted by molar-refractivity contribution is -0.117. The van der Waals surface area contributed by atoms with Gasteiger partial charge in [0.1, 0.15) is 10.6 Å². The number of furan rings is 1. The molecule has 0 radical (unpaired) electrons. The Bertz CT molecular complexity index is 1340. The van der Waals surface area contributed by atoms with E-state index in [1.165, 1.54) is 28.7 Å². The lowest BCUT2D eigenvalue weighted by Gasteiger charge is -2.22. The molecule has 0 bridgehead atoms. The van der Waals surface area contributed by atoms with Crippen molar-refractivity contribution in [3.63, 3.8) is 0 Å². The number of nitrogens with zero attached hydrogens (tertiary/aromatic N) is 3. The average molecular weight is 466 g/mol. The fourth-order valence-electron chi connectivity index (χ4n) is 4.00. The minimum Gasteiger partial charge on any atom is -0.467 e. The highest BCUT2D eigenvalue weighted by Gasteiger charge is 2.29. The van der Waals surface area contributed by atoms with Crippen molar-refractivity contribution in [2.24, 2.45) is 0 Å². The minimum absolute atomic E-state index is 0.0271. The van der Waals surface area contributed by atoms with Crippen molar-refractivity contribution in [2.45, 2.75) is 43.6 Å². The lowest BCUT2D eigenvalue weighted by atomic mass is 10.2. The molecule has 164 valence electrons. The molecule has 1 atom stereocenters. The largest absolute Gasteiger partial charge is 0.467 e. The van der Waals surface area contributed by atoms with Gasteiger partial charge < -0.3 is 9.32 Å². The highest BCUT2D eigenvalue weighted by molar-refractivity contribution is 8.00. The number of fused-ring (bicyclic) bond motifs is 2. The number of para-hydroxylation sites is 1. The Kier molecular flexibility index (Phi) is 5.65. The van der Waals surface area contributed by atoms with Crippen LogP contribution in [-0.4, -0.2) is 27.3 Å². The van der Waals surface area contributed by atoms with Gasteiger partial charge in [-0.15, -0.1) is 11.3 Å². The van der Waals surface area contributed by atoms with Gasteiger partial charge in [-0.3, -0.25) is 14.2 Å². The third kappa shape index (κ3) is 3.78. The first-order chi connectivity index (χ1) is 15.5. The predicted molar refractivity (Wildman–Crippen MR) is 129 cm³/mol. The zero-order valence-corrected chi connectivity index (χ0v) is 19.5. The molecule has 4 heterocycles. The number of carbonyl (C=O) groups is 1. The summed E-state index contributed by atoms with van der Waals surface area (Å²) in [6.07, 6.45) is 3.31. The summed E-state index contributed by atoms with van der Waals surface area (Å²) in [5.74, 6) is 0.702. The number of aromatic nitrogens is 2. The normalized spacial score (nSPS) is 14.1. The van der Waals surface area contributed by atoms with Crippen molar-refractivity contribution in [2.75, 3.05) is 11.4 Å². The second kappa shape index (κ2) is 8.60. The number of aryl methyl sites for hydroxylation is 1. The molecule has 5 rings (SSSR count). The van der Waals surface area contributed by atoms with Crippen molar-refractivity contribution in [1.82, 2.24) is 9.55 Å². The number of anilines is 1. The van der Waals surface area contributed by atoms with Crippen molar-refractivity contribution in [3.05, 3.63) is 75.3 Å². The van der Waals surface area contributed by atoms with Gasteiger partial charge in [0.05, 0.1) is 23.4 Å². The highest BCUT2D eigenvalue weighted by Crippen LogP contribution is 2.32. The van der Waals surface area contributed by atoms with Crippen LogP contribution in [-0.2, 0) is 24.2 Å². The van der Waals surface area contributed by atoms with Gasteiger partial charge in [-0.05, 0) is 49.6 Å². The first-order valence-electron chi connectivity index (χ1n) is 10.7. The lowest BCUT2D eigenvalue weighted by Crippen LogP contribution is -2.35. The van der Waals surface area contributed by atoms with Crippen LogP contribution in [0, 0.1) is 0 Å². The van der Waals surface area contributed by atoms with Gasteiger partial charge in [0.2, 0.25) is 5.91 Å². The maximum Gasteiger partial charge on any atom is 0.263 e. The second-order valence-electron chi connectivity index (χ2n) is 7.78. The molecule has 1 aliphatic heterocycles. The number of carbonyl (C=O) groups excluding carboxylic acids is 1. The molecular formula is C24H23N3O3S2. The SMILES string of the molecule is CCc1cc2c(=O)n(Cc3ccco3)c(S[C@H](C)C(=O)N3CCc4ccccc43)nc2s1.